The van der Waals surface area contributed by atoms with E-state index < -0.39 is 10.0 Å². The molecule has 0 saturated carbocycles. The average Bonchev–Trinajstić information content (AvgIpc) is 3.46. The fourth-order valence-corrected chi connectivity index (χ4v) is 5.92. The van der Waals surface area contributed by atoms with Gasteiger partial charge in [-0.2, -0.15) is 13.9 Å². The summed E-state index contributed by atoms with van der Waals surface area (Å²) in [6.45, 7) is 2.19. The zero-order valence-electron chi connectivity index (χ0n) is 18.2. The van der Waals surface area contributed by atoms with Crippen LogP contribution in [0.1, 0.15) is 18.5 Å². The molecule has 1 fully saturated rings. The standard InChI is InChI=1S/C24H25N5O3S/c1-17-14-23-26-22(18-6-3-2-4-7-18)15-24(29(23)27-17)25-19-9-11-21(12-10-19)33(31,32)28-13-5-8-20(28)16-30/h2-4,6-7,9-12,14-15,20,25,30H,5,8,13,16H2,1H3/t20-/m0/s1. The van der Waals surface area contributed by atoms with E-state index in [9.17, 15) is 13.5 Å². The van der Waals surface area contributed by atoms with Crippen molar-refractivity contribution in [1.82, 2.24) is 18.9 Å². The Balaban J connectivity index is 1.47. The van der Waals surface area contributed by atoms with Crippen molar-refractivity contribution in [2.24, 2.45) is 0 Å². The second kappa shape index (κ2) is 8.58. The molecule has 0 radical (unpaired) electrons. The molecule has 2 aromatic carbocycles. The minimum absolute atomic E-state index is 0.163. The van der Waals surface area contributed by atoms with E-state index in [1.165, 1.54) is 4.31 Å². The maximum Gasteiger partial charge on any atom is 0.243 e. The van der Waals surface area contributed by atoms with Gasteiger partial charge in [0.05, 0.1) is 22.9 Å². The quantitative estimate of drug-likeness (QED) is 0.453. The number of fused-ring (bicyclic) bond motifs is 1. The van der Waals surface area contributed by atoms with Crippen molar-refractivity contribution < 1.29 is 13.5 Å². The van der Waals surface area contributed by atoms with Gasteiger partial charge in [-0.1, -0.05) is 30.3 Å². The third-order valence-corrected chi connectivity index (χ3v) is 7.85. The van der Waals surface area contributed by atoms with Crippen LogP contribution in [0.15, 0.2) is 71.6 Å². The van der Waals surface area contributed by atoms with Gasteiger partial charge >= 0.3 is 0 Å². The molecular weight excluding hydrogens is 438 g/mol. The maximum absolute atomic E-state index is 13.0. The van der Waals surface area contributed by atoms with Crippen LogP contribution in [0.4, 0.5) is 11.5 Å². The Morgan fingerprint density at radius 2 is 1.85 bits per heavy atom. The molecule has 0 spiro atoms. The fourth-order valence-electron chi connectivity index (χ4n) is 4.24. The monoisotopic (exact) mass is 463 g/mol. The van der Waals surface area contributed by atoms with Crippen molar-refractivity contribution in [2.75, 3.05) is 18.5 Å². The Morgan fingerprint density at radius 1 is 1.09 bits per heavy atom. The van der Waals surface area contributed by atoms with E-state index in [-0.39, 0.29) is 17.5 Å². The summed E-state index contributed by atoms with van der Waals surface area (Å²) in [7, 11) is -3.65. The lowest BCUT2D eigenvalue weighted by Gasteiger charge is -2.22. The smallest absolute Gasteiger partial charge is 0.243 e. The average molecular weight is 464 g/mol. The van der Waals surface area contributed by atoms with Gasteiger partial charge in [0.15, 0.2) is 5.65 Å². The second-order valence-electron chi connectivity index (χ2n) is 8.19. The first-order valence-corrected chi connectivity index (χ1v) is 12.3. The molecule has 0 bridgehead atoms. The van der Waals surface area contributed by atoms with E-state index in [1.807, 2.05) is 49.4 Å². The van der Waals surface area contributed by atoms with Crippen LogP contribution >= 0.6 is 0 Å². The van der Waals surface area contributed by atoms with Crippen LogP contribution in [0.25, 0.3) is 16.9 Å². The molecule has 1 aliphatic heterocycles. The highest BCUT2D eigenvalue weighted by Crippen LogP contribution is 2.28. The zero-order valence-corrected chi connectivity index (χ0v) is 19.0. The van der Waals surface area contributed by atoms with Crippen molar-refractivity contribution in [3.63, 3.8) is 0 Å². The molecule has 5 rings (SSSR count). The van der Waals surface area contributed by atoms with Crippen LogP contribution < -0.4 is 5.32 Å². The summed E-state index contributed by atoms with van der Waals surface area (Å²) in [6.07, 6.45) is 1.44. The van der Waals surface area contributed by atoms with Crippen LogP contribution in [-0.4, -0.2) is 51.6 Å². The SMILES string of the molecule is Cc1cc2nc(-c3ccccc3)cc(Nc3ccc(S(=O)(=O)N4CCC[C@H]4CO)cc3)n2n1. The summed E-state index contributed by atoms with van der Waals surface area (Å²) < 4.78 is 29.2. The van der Waals surface area contributed by atoms with Gasteiger partial charge in [0.1, 0.15) is 5.82 Å². The van der Waals surface area contributed by atoms with Crippen molar-refractivity contribution in [3.05, 3.63) is 72.4 Å². The molecule has 9 heteroatoms. The lowest BCUT2D eigenvalue weighted by molar-refractivity contribution is 0.213. The first-order chi connectivity index (χ1) is 16.0. The first-order valence-electron chi connectivity index (χ1n) is 10.9. The highest BCUT2D eigenvalue weighted by molar-refractivity contribution is 7.89. The van der Waals surface area contributed by atoms with E-state index in [4.69, 9.17) is 4.98 Å². The highest BCUT2D eigenvalue weighted by atomic mass is 32.2. The lowest BCUT2D eigenvalue weighted by atomic mass is 10.1. The summed E-state index contributed by atoms with van der Waals surface area (Å²) in [5.41, 5.74) is 4.11. The molecule has 1 atom stereocenters. The predicted molar refractivity (Wildman–Crippen MR) is 127 cm³/mol. The normalized spacial score (nSPS) is 17.0. The van der Waals surface area contributed by atoms with Crippen LogP contribution in [0.2, 0.25) is 0 Å². The third kappa shape index (κ3) is 4.10. The summed E-state index contributed by atoms with van der Waals surface area (Å²) >= 11 is 0. The molecule has 3 heterocycles. The number of anilines is 2. The molecule has 33 heavy (non-hydrogen) atoms. The van der Waals surface area contributed by atoms with Gasteiger partial charge in [0.2, 0.25) is 10.0 Å². The predicted octanol–water partition coefficient (Wildman–Crippen LogP) is 3.59. The van der Waals surface area contributed by atoms with Crippen molar-refractivity contribution in [3.8, 4) is 11.3 Å². The highest BCUT2D eigenvalue weighted by Gasteiger charge is 2.34. The number of sulfonamides is 1. The van der Waals surface area contributed by atoms with E-state index in [0.29, 0.717) is 13.0 Å². The number of hydrogen-bond acceptors (Lipinski definition) is 6. The Labute approximate surface area is 192 Å². The summed E-state index contributed by atoms with van der Waals surface area (Å²) in [6, 6.07) is 20.1. The summed E-state index contributed by atoms with van der Waals surface area (Å²) in [5.74, 6) is 0.724. The molecule has 1 saturated heterocycles. The Morgan fingerprint density at radius 3 is 2.58 bits per heavy atom. The number of benzene rings is 2. The van der Waals surface area contributed by atoms with Crippen molar-refractivity contribution >= 4 is 27.2 Å². The Bertz CT molecular complexity index is 1390. The third-order valence-electron chi connectivity index (χ3n) is 5.89. The van der Waals surface area contributed by atoms with Gasteiger partial charge < -0.3 is 10.4 Å². The van der Waals surface area contributed by atoms with Gasteiger partial charge in [-0.3, -0.25) is 0 Å². The van der Waals surface area contributed by atoms with Crippen LogP contribution in [0.5, 0.6) is 0 Å². The van der Waals surface area contributed by atoms with Gasteiger partial charge in [-0.25, -0.2) is 13.4 Å². The van der Waals surface area contributed by atoms with Crippen LogP contribution in [-0.2, 0) is 10.0 Å². The number of aromatic nitrogens is 3. The number of hydrogen-bond donors (Lipinski definition) is 2. The second-order valence-corrected chi connectivity index (χ2v) is 10.1. The summed E-state index contributed by atoms with van der Waals surface area (Å²) in [4.78, 5) is 4.95. The van der Waals surface area contributed by atoms with Crippen LogP contribution in [0, 0.1) is 6.92 Å². The van der Waals surface area contributed by atoms with Gasteiger partial charge in [0, 0.05) is 36.0 Å². The number of aliphatic hydroxyl groups is 1. The van der Waals surface area contributed by atoms with E-state index in [1.54, 1.807) is 28.8 Å². The molecule has 2 aromatic heterocycles. The van der Waals surface area contributed by atoms with Crippen molar-refractivity contribution in [2.45, 2.75) is 30.7 Å². The molecule has 170 valence electrons. The fraction of sp³-hybridized carbons (Fsp3) is 0.250. The lowest BCUT2D eigenvalue weighted by Crippen LogP contribution is -2.37. The number of rotatable bonds is 6. The molecule has 0 amide bonds. The number of nitrogens with zero attached hydrogens (tertiary/aromatic N) is 4. The summed E-state index contributed by atoms with van der Waals surface area (Å²) in [5, 5.41) is 17.4. The molecule has 2 N–H and O–H groups in total. The molecule has 1 aliphatic rings. The first kappa shape index (κ1) is 21.6. The van der Waals surface area contributed by atoms with Crippen molar-refractivity contribution in [1.29, 1.82) is 0 Å². The zero-order chi connectivity index (χ0) is 23.0. The number of nitrogens with one attached hydrogen (secondary N) is 1. The Kier molecular flexibility index (Phi) is 5.61. The molecule has 0 aliphatic carbocycles. The number of aliphatic hydroxyl groups excluding tert-OH is 1. The molecule has 4 aromatic rings. The Hall–Kier alpha value is -3.27. The van der Waals surface area contributed by atoms with Gasteiger partial charge in [-0.05, 0) is 44.0 Å². The molecular formula is C24H25N5O3S. The minimum atomic E-state index is -3.65. The number of aryl methyl sites for hydroxylation is 1. The van der Waals surface area contributed by atoms with E-state index in [0.717, 1.165) is 40.5 Å². The maximum atomic E-state index is 13.0. The van der Waals surface area contributed by atoms with Gasteiger partial charge in [-0.15, -0.1) is 0 Å². The van der Waals surface area contributed by atoms with Crippen LogP contribution in [0.3, 0.4) is 0 Å². The minimum Gasteiger partial charge on any atom is -0.395 e. The van der Waals surface area contributed by atoms with E-state index in [2.05, 4.69) is 10.4 Å². The topological polar surface area (TPSA) is 99.8 Å². The largest absolute Gasteiger partial charge is 0.395 e. The van der Waals surface area contributed by atoms with E-state index >= 15 is 0 Å². The molecule has 0 unspecified atom stereocenters. The van der Waals surface area contributed by atoms with Gasteiger partial charge in [0.25, 0.3) is 0 Å². The molecule has 8 nitrogen and oxygen atoms in total.